The fourth-order valence-electron chi connectivity index (χ4n) is 1.83. The van der Waals surface area contributed by atoms with Crippen molar-refractivity contribution < 1.29 is 4.39 Å². The van der Waals surface area contributed by atoms with Crippen LogP contribution in [0.15, 0.2) is 40.9 Å². The summed E-state index contributed by atoms with van der Waals surface area (Å²) in [4.78, 5) is 1.90. The van der Waals surface area contributed by atoms with Crippen molar-refractivity contribution >= 4 is 38.9 Å². The Morgan fingerprint density at radius 2 is 1.89 bits per heavy atom. The van der Waals surface area contributed by atoms with Crippen LogP contribution in [0.5, 0.6) is 0 Å². The Kier molecular flexibility index (Phi) is 4.32. The van der Waals surface area contributed by atoms with Gasteiger partial charge in [-0.3, -0.25) is 0 Å². The number of benzene rings is 2. The van der Waals surface area contributed by atoms with Gasteiger partial charge in [-0.2, -0.15) is 0 Å². The lowest BCUT2D eigenvalue weighted by Crippen LogP contribution is -2.18. The lowest BCUT2D eigenvalue weighted by molar-refractivity contribution is 0.620. The zero-order chi connectivity index (χ0) is 14.0. The summed E-state index contributed by atoms with van der Waals surface area (Å²) >= 11 is 8.96. The first-order valence-corrected chi connectivity index (χ1v) is 6.84. The molecular weight excluding hydrogens is 331 g/mol. The molecule has 0 saturated heterocycles. The molecule has 0 aromatic heterocycles. The monoisotopic (exact) mass is 342 g/mol. The molecule has 19 heavy (non-hydrogen) atoms. The first-order valence-electron chi connectivity index (χ1n) is 5.67. The average molecular weight is 344 g/mol. The lowest BCUT2D eigenvalue weighted by atomic mass is 10.2. The fraction of sp³-hybridized carbons (Fsp3) is 0.143. The fourth-order valence-corrected chi connectivity index (χ4v) is 2.32. The second kappa shape index (κ2) is 5.80. The highest BCUT2D eigenvalue weighted by molar-refractivity contribution is 9.10. The van der Waals surface area contributed by atoms with Gasteiger partial charge in [0, 0.05) is 24.7 Å². The minimum absolute atomic E-state index is 0.327. The van der Waals surface area contributed by atoms with Crippen molar-refractivity contribution in [2.45, 2.75) is 6.54 Å². The maximum atomic E-state index is 13.6. The van der Waals surface area contributed by atoms with E-state index in [1.165, 1.54) is 6.07 Å². The lowest BCUT2D eigenvalue weighted by Gasteiger charge is -2.21. The Bertz CT molecular complexity index is 587. The van der Waals surface area contributed by atoms with Crippen LogP contribution in [-0.4, -0.2) is 7.05 Å². The highest BCUT2D eigenvalue weighted by Gasteiger charge is 2.10. The number of anilines is 2. The third-order valence-corrected chi connectivity index (χ3v) is 3.67. The average Bonchev–Trinajstić information content (AvgIpc) is 2.36. The summed E-state index contributed by atoms with van der Waals surface area (Å²) in [6.07, 6.45) is 0. The second-order valence-electron chi connectivity index (χ2n) is 4.31. The third kappa shape index (κ3) is 3.39. The van der Waals surface area contributed by atoms with Crippen LogP contribution in [0.3, 0.4) is 0 Å². The van der Waals surface area contributed by atoms with E-state index in [0.29, 0.717) is 27.4 Å². The van der Waals surface area contributed by atoms with Gasteiger partial charge >= 0.3 is 0 Å². The van der Waals surface area contributed by atoms with Crippen molar-refractivity contribution in [2.24, 2.45) is 0 Å². The topological polar surface area (TPSA) is 29.3 Å². The van der Waals surface area contributed by atoms with Gasteiger partial charge in [-0.1, -0.05) is 23.7 Å². The zero-order valence-corrected chi connectivity index (χ0v) is 12.7. The Labute approximate surface area is 125 Å². The van der Waals surface area contributed by atoms with Crippen molar-refractivity contribution in [3.63, 3.8) is 0 Å². The summed E-state index contributed by atoms with van der Waals surface area (Å²) in [5.41, 5.74) is 8.18. The van der Waals surface area contributed by atoms with Gasteiger partial charge in [0.05, 0.1) is 15.8 Å². The van der Waals surface area contributed by atoms with E-state index < -0.39 is 0 Å². The zero-order valence-electron chi connectivity index (χ0n) is 10.3. The predicted octanol–water partition coefficient (Wildman–Crippen LogP) is 4.46. The number of nitrogens with zero attached hydrogens (tertiary/aromatic N) is 1. The highest BCUT2D eigenvalue weighted by Crippen LogP contribution is 2.29. The Balaban J connectivity index is 2.22. The number of rotatable bonds is 3. The first kappa shape index (κ1) is 14.2. The van der Waals surface area contributed by atoms with Gasteiger partial charge < -0.3 is 10.6 Å². The molecule has 5 heteroatoms. The molecule has 0 aliphatic rings. The van der Waals surface area contributed by atoms with Gasteiger partial charge in [-0.05, 0) is 39.7 Å². The molecule has 0 bridgehead atoms. The van der Waals surface area contributed by atoms with Gasteiger partial charge in [0.1, 0.15) is 5.82 Å². The Morgan fingerprint density at radius 1 is 1.26 bits per heavy atom. The summed E-state index contributed by atoms with van der Waals surface area (Å²) in [7, 11) is 1.87. The molecule has 2 rings (SSSR count). The number of nitrogen functional groups attached to an aromatic ring is 1. The van der Waals surface area contributed by atoms with Gasteiger partial charge in [0.15, 0.2) is 0 Å². The van der Waals surface area contributed by atoms with E-state index in [0.717, 1.165) is 5.56 Å². The minimum Gasteiger partial charge on any atom is -0.397 e. The number of halogens is 3. The van der Waals surface area contributed by atoms with Gasteiger partial charge in [0.25, 0.3) is 0 Å². The standard InChI is InChI=1S/C14H13BrClFN2/c1-19(8-9-2-4-10(16)5-3-9)14-7-12(17)11(15)6-13(14)18/h2-7H,8,18H2,1H3. The molecular formula is C14H13BrClFN2. The molecule has 0 saturated carbocycles. The molecule has 0 spiro atoms. The molecule has 0 heterocycles. The molecule has 0 fully saturated rings. The summed E-state index contributed by atoms with van der Waals surface area (Å²) in [6, 6.07) is 10.5. The summed E-state index contributed by atoms with van der Waals surface area (Å²) in [5.74, 6) is -0.327. The van der Waals surface area contributed by atoms with Crippen LogP contribution < -0.4 is 10.6 Å². The third-order valence-electron chi connectivity index (χ3n) is 2.81. The van der Waals surface area contributed by atoms with Crippen LogP contribution in [0.2, 0.25) is 5.02 Å². The van der Waals surface area contributed by atoms with E-state index in [9.17, 15) is 4.39 Å². The van der Waals surface area contributed by atoms with Crippen LogP contribution >= 0.6 is 27.5 Å². The summed E-state index contributed by atoms with van der Waals surface area (Å²) in [5, 5.41) is 0.695. The molecule has 2 N–H and O–H groups in total. The quantitative estimate of drug-likeness (QED) is 0.834. The minimum atomic E-state index is -0.327. The molecule has 2 aromatic rings. The summed E-state index contributed by atoms with van der Waals surface area (Å²) in [6.45, 7) is 0.627. The Morgan fingerprint density at radius 3 is 2.53 bits per heavy atom. The molecule has 0 unspecified atom stereocenters. The van der Waals surface area contributed by atoms with Crippen LogP contribution in [0.1, 0.15) is 5.56 Å². The molecule has 100 valence electrons. The van der Waals surface area contributed by atoms with E-state index in [4.69, 9.17) is 17.3 Å². The Hall–Kier alpha value is -1.26. The molecule has 0 atom stereocenters. The van der Waals surface area contributed by atoms with Crippen molar-refractivity contribution in [1.82, 2.24) is 0 Å². The van der Waals surface area contributed by atoms with Crippen LogP contribution in [-0.2, 0) is 6.54 Å². The molecule has 0 aliphatic heterocycles. The molecule has 2 nitrogen and oxygen atoms in total. The van der Waals surface area contributed by atoms with Crippen LogP contribution in [0, 0.1) is 5.82 Å². The number of hydrogen-bond donors (Lipinski definition) is 1. The maximum Gasteiger partial charge on any atom is 0.139 e. The van der Waals surface area contributed by atoms with Crippen molar-refractivity contribution in [2.75, 3.05) is 17.7 Å². The highest BCUT2D eigenvalue weighted by atomic mass is 79.9. The predicted molar refractivity (Wildman–Crippen MR) is 82.1 cm³/mol. The molecule has 2 aromatic carbocycles. The first-order chi connectivity index (χ1) is 8.97. The van der Waals surface area contributed by atoms with E-state index >= 15 is 0 Å². The van der Waals surface area contributed by atoms with E-state index in [2.05, 4.69) is 15.9 Å². The molecule has 0 aliphatic carbocycles. The van der Waals surface area contributed by atoms with Crippen LogP contribution in [0.25, 0.3) is 0 Å². The van der Waals surface area contributed by atoms with E-state index in [1.54, 1.807) is 6.07 Å². The normalized spacial score (nSPS) is 10.5. The molecule has 0 amide bonds. The van der Waals surface area contributed by atoms with Gasteiger partial charge in [-0.25, -0.2) is 4.39 Å². The van der Waals surface area contributed by atoms with Crippen molar-refractivity contribution in [3.05, 3.63) is 57.3 Å². The van der Waals surface area contributed by atoms with Crippen molar-refractivity contribution in [1.29, 1.82) is 0 Å². The van der Waals surface area contributed by atoms with Crippen LogP contribution in [0.4, 0.5) is 15.8 Å². The smallest absolute Gasteiger partial charge is 0.139 e. The number of hydrogen-bond acceptors (Lipinski definition) is 2. The van der Waals surface area contributed by atoms with Gasteiger partial charge in [0.2, 0.25) is 0 Å². The molecule has 0 radical (unpaired) electrons. The number of nitrogens with two attached hydrogens (primary N) is 1. The van der Waals surface area contributed by atoms with Gasteiger partial charge in [-0.15, -0.1) is 0 Å². The summed E-state index contributed by atoms with van der Waals surface area (Å²) < 4.78 is 13.9. The maximum absolute atomic E-state index is 13.6. The second-order valence-corrected chi connectivity index (χ2v) is 5.60. The van der Waals surface area contributed by atoms with E-state index in [1.807, 2.05) is 36.2 Å². The van der Waals surface area contributed by atoms with E-state index in [-0.39, 0.29) is 5.82 Å². The van der Waals surface area contributed by atoms with Crippen molar-refractivity contribution in [3.8, 4) is 0 Å². The largest absolute Gasteiger partial charge is 0.397 e. The SMILES string of the molecule is CN(Cc1ccc(Cl)cc1)c1cc(F)c(Br)cc1N.